The molecule has 0 rings (SSSR count). The second-order valence-corrected chi connectivity index (χ2v) is 3.04. The highest BCUT2D eigenvalue weighted by Crippen LogP contribution is 2.17. The van der Waals surface area contributed by atoms with E-state index in [2.05, 4.69) is 0 Å². The summed E-state index contributed by atoms with van der Waals surface area (Å²) >= 11 is 0. The van der Waals surface area contributed by atoms with Gasteiger partial charge in [-0.1, -0.05) is 0 Å². The molecule has 0 aliphatic heterocycles. The van der Waals surface area contributed by atoms with Gasteiger partial charge in [0.05, 0.1) is 6.42 Å². The zero-order valence-corrected chi connectivity index (χ0v) is 9.14. The first-order chi connectivity index (χ1) is 7.15. The monoisotopic (exact) mass is 218 g/mol. The van der Waals surface area contributed by atoms with Crippen molar-refractivity contribution in [2.75, 3.05) is 13.2 Å². The molecule has 0 fully saturated rings. The van der Waals surface area contributed by atoms with Gasteiger partial charge in [-0.25, -0.2) is 0 Å². The number of carbonyl (C=O) groups excluding carboxylic acids is 1. The van der Waals surface area contributed by atoms with Crippen LogP contribution in [0, 0.1) is 5.92 Å². The summed E-state index contributed by atoms with van der Waals surface area (Å²) < 4.78 is 10.5. The Kier molecular flexibility index (Phi) is 7.85. The third-order valence-electron chi connectivity index (χ3n) is 1.88. The van der Waals surface area contributed by atoms with E-state index in [1.54, 1.807) is 13.8 Å². The summed E-state index contributed by atoms with van der Waals surface area (Å²) in [6, 6.07) is 0. The lowest BCUT2D eigenvalue weighted by Gasteiger charge is -2.23. The number of aliphatic carboxylic acids is 1. The second-order valence-electron chi connectivity index (χ2n) is 3.04. The first kappa shape index (κ1) is 14.1. The second kappa shape index (κ2) is 8.38. The molecule has 1 N–H and O–H groups in total. The van der Waals surface area contributed by atoms with Crippen molar-refractivity contribution in [1.82, 2.24) is 0 Å². The molecule has 88 valence electrons. The number of rotatable bonds is 9. The molecule has 5 heteroatoms. The van der Waals surface area contributed by atoms with Gasteiger partial charge in [-0.05, 0) is 13.8 Å². The number of ether oxygens (including phenoxy) is 2. The molecule has 0 heterocycles. The number of hydrogen-bond acceptors (Lipinski definition) is 4. The average Bonchev–Trinajstić information content (AvgIpc) is 2.16. The standard InChI is InChI=1S/C10H18O5/c1-3-14-10(15-4-2)8(5-6-11)7-9(12)13/h6,8,10H,3-5,7H2,1-2H3,(H,12,13). The van der Waals surface area contributed by atoms with Crippen LogP contribution in [0.15, 0.2) is 0 Å². The summed E-state index contributed by atoms with van der Waals surface area (Å²) in [6.07, 6.45) is 0.0975. The van der Waals surface area contributed by atoms with Crippen molar-refractivity contribution >= 4 is 12.3 Å². The smallest absolute Gasteiger partial charge is 0.303 e. The molecule has 0 saturated heterocycles. The molecule has 0 saturated carbocycles. The van der Waals surface area contributed by atoms with Crippen LogP contribution in [-0.2, 0) is 19.1 Å². The van der Waals surface area contributed by atoms with Gasteiger partial charge in [-0.3, -0.25) is 4.79 Å². The lowest BCUT2D eigenvalue weighted by molar-refractivity contribution is -0.175. The van der Waals surface area contributed by atoms with Crippen LogP contribution in [0.5, 0.6) is 0 Å². The predicted octanol–water partition coefficient (Wildman–Crippen LogP) is 1.07. The van der Waals surface area contributed by atoms with E-state index in [0.29, 0.717) is 19.5 Å². The van der Waals surface area contributed by atoms with E-state index < -0.39 is 18.2 Å². The van der Waals surface area contributed by atoms with Crippen LogP contribution < -0.4 is 0 Å². The predicted molar refractivity (Wildman–Crippen MR) is 53.5 cm³/mol. The molecule has 15 heavy (non-hydrogen) atoms. The fourth-order valence-electron chi connectivity index (χ4n) is 1.29. The number of aldehydes is 1. The van der Waals surface area contributed by atoms with Crippen LogP contribution in [0.1, 0.15) is 26.7 Å². The van der Waals surface area contributed by atoms with Gasteiger partial charge < -0.3 is 19.4 Å². The topological polar surface area (TPSA) is 72.8 Å². The Balaban J connectivity index is 4.34. The maximum atomic E-state index is 10.6. The molecule has 0 aliphatic rings. The Hall–Kier alpha value is -0.940. The summed E-state index contributed by atoms with van der Waals surface area (Å²) in [5.74, 6) is -1.37. The van der Waals surface area contributed by atoms with Gasteiger partial charge in [0.2, 0.25) is 0 Å². The van der Waals surface area contributed by atoms with Gasteiger partial charge >= 0.3 is 5.97 Å². The fraction of sp³-hybridized carbons (Fsp3) is 0.800. The molecule has 0 radical (unpaired) electrons. The van der Waals surface area contributed by atoms with Crippen molar-refractivity contribution in [1.29, 1.82) is 0 Å². The normalized spacial score (nSPS) is 12.7. The first-order valence-electron chi connectivity index (χ1n) is 5.04. The van der Waals surface area contributed by atoms with E-state index in [0.717, 1.165) is 0 Å². The van der Waals surface area contributed by atoms with Crippen LogP contribution in [0.4, 0.5) is 0 Å². The third-order valence-corrected chi connectivity index (χ3v) is 1.88. The molecule has 0 aromatic rings. The summed E-state index contributed by atoms with van der Waals surface area (Å²) in [5, 5.41) is 8.67. The summed E-state index contributed by atoms with van der Waals surface area (Å²) in [6.45, 7) is 4.45. The lowest BCUT2D eigenvalue weighted by atomic mass is 10.0. The third kappa shape index (κ3) is 6.19. The van der Waals surface area contributed by atoms with Crippen molar-refractivity contribution in [3.63, 3.8) is 0 Å². The molecule has 0 aromatic heterocycles. The quantitative estimate of drug-likeness (QED) is 0.463. The van der Waals surface area contributed by atoms with Gasteiger partial charge in [-0.15, -0.1) is 0 Å². The Labute approximate surface area is 89.4 Å². The van der Waals surface area contributed by atoms with Crippen molar-refractivity contribution in [3.05, 3.63) is 0 Å². The zero-order chi connectivity index (χ0) is 11.7. The maximum Gasteiger partial charge on any atom is 0.303 e. The van der Waals surface area contributed by atoms with Crippen molar-refractivity contribution < 1.29 is 24.2 Å². The molecule has 0 amide bonds. The molecule has 0 aromatic carbocycles. The number of carboxylic acid groups (broad SMARTS) is 1. The molecule has 1 atom stereocenters. The molecular formula is C10H18O5. The molecule has 1 unspecified atom stereocenters. The Bertz CT molecular complexity index is 186. The Morgan fingerprint density at radius 3 is 2.20 bits per heavy atom. The van der Waals surface area contributed by atoms with Crippen LogP contribution in [0.2, 0.25) is 0 Å². The average molecular weight is 218 g/mol. The summed E-state index contributed by atoms with van der Waals surface area (Å²) in [7, 11) is 0. The van der Waals surface area contributed by atoms with Gasteiger partial charge in [0.1, 0.15) is 6.29 Å². The molecule has 0 aliphatic carbocycles. The van der Waals surface area contributed by atoms with E-state index in [1.807, 2.05) is 0 Å². The van der Waals surface area contributed by atoms with Crippen LogP contribution in [0.3, 0.4) is 0 Å². The van der Waals surface area contributed by atoms with Crippen molar-refractivity contribution in [2.45, 2.75) is 33.0 Å². The number of carbonyl (C=O) groups is 2. The summed E-state index contributed by atoms with van der Waals surface area (Å²) in [4.78, 5) is 21.0. The van der Waals surface area contributed by atoms with E-state index in [9.17, 15) is 9.59 Å². The highest BCUT2D eigenvalue weighted by Gasteiger charge is 2.24. The molecule has 5 nitrogen and oxygen atoms in total. The maximum absolute atomic E-state index is 10.6. The minimum atomic E-state index is -0.953. The molecule has 0 spiro atoms. The van der Waals surface area contributed by atoms with Gasteiger partial charge in [0, 0.05) is 25.6 Å². The van der Waals surface area contributed by atoms with E-state index in [-0.39, 0.29) is 12.8 Å². The van der Waals surface area contributed by atoms with Crippen LogP contribution >= 0.6 is 0 Å². The van der Waals surface area contributed by atoms with Crippen LogP contribution in [-0.4, -0.2) is 36.9 Å². The van der Waals surface area contributed by atoms with E-state index in [4.69, 9.17) is 14.6 Å². The van der Waals surface area contributed by atoms with Crippen LogP contribution in [0.25, 0.3) is 0 Å². The number of hydrogen-bond donors (Lipinski definition) is 1. The van der Waals surface area contributed by atoms with Gasteiger partial charge in [0.15, 0.2) is 6.29 Å². The minimum absolute atomic E-state index is 0.122. The van der Waals surface area contributed by atoms with E-state index in [1.165, 1.54) is 0 Å². The van der Waals surface area contributed by atoms with E-state index >= 15 is 0 Å². The molecular weight excluding hydrogens is 200 g/mol. The fourth-order valence-corrected chi connectivity index (χ4v) is 1.29. The highest BCUT2D eigenvalue weighted by atomic mass is 16.7. The SMILES string of the molecule is CCOC(OCC)C(CC=O)CC(=O)O. The summed E-state index contributed by atoms with van der Waals surface area (Å²) in [5.41, 5.74) is 0. The highest BCUT2D eigenvalue weighted by molar-refractivity contribution is 5.67. The lowest BCUT2D eigenvalue weighted by Crippen LogP contribution is -2.29. The minimum Gasteiger partial charge on any atom is -0.481 e. The zero-order valence-electron chi connectivity index (χ0n) is 9.14. The molecule has 0 bridgehead atoms. The van der Waals surface area contributed by atoms with Crippen molar-refractivity contribution in [3.8, 4) is 0 Å². The largest absolute Gasteiger partial charge is 0.481 e. The van der Waals surface area contributed by atoms with Gasteiger partial charge in [-0.2, -0.15) is 0 Å². The Morgan fingerprint density at radius 2 is 1.87 bits per heavy atom. The van der Waals surface area contributed by atoms with Crippen molar-refractivity contribution in [2.24, 2.45) is 5.92 Å². The Morgan fingerprint density at radius 1 is 1.33 bits per heavy atom. The number of carboxylic acids is 1. The van der Waals surface area contributed by atoms with Gasteiger partial charge in [0.25, 0.3) is 0 Å². The first-order valence-corrected chi connectivity index (χ1v) is 5.04.